The first kappa shape index (κ1) is 18.5. The fraction of sp³-hybridized carbons (Fsp3) is 0.381. The summed E-state index contributed by atoms with van der Waals surface area (Å²) >= 11 is 5.87. The average Bonchev–Trinajstić information content (AvgIpc) is 3.40. The summed E-state index contributed by atoms with van der Waals surface area (Å²) in [5.41, 5.74) is 2.23. The number of amides is 1. The van der Waals surface area contributed by atoms with Gasteiger partial charge in [0.1, 0.15) is 0 Å². The highest BCUT2D eigenvalue weighted by atomic mass is 35.5. The SMILES string of the molecule is CC1(C)CC(NC(=O)C2(S(=O)(=O)c3ccc(Cl)cc3)CC2)c2ccccc21. The highest BCUT2D eigenvalue weighted by molar-refractivity contribution is 7.94. The van der Waals surface area contributed by atoms with Crippen LogP contribution in [0.4, 0.5) is 0 Å². The van der Waals surface area contributed by atoms with Crippen LogP contribution < -0.4 is 5.32 Å². The maximum atomic E-state index is 13.1. The normalized spacial score (nSPS) is 22.1. The number of sulfone groups is 1. The van der Waals surface area contributed by atoms with Gasteiger partial charge in [-0.3, -0.25) is 4.79 Å². The number of fused-ring (bicyclic) bond motifs is 1. The predicted octanol–water partition coefficient (Wildman–Crippen LogP) is 4.19. The van der Waals surface area contributed by atoms with E-state index in [0.29, 0.717) is 17.9 Å². The summed E-state index contributed by atoms with van der Waals surface area (Å²) in [4.78, 5) is 13.2. The maximum Gasteiger partial charge on any atom is 0.242 e. The molecule has 2 aliphatic carbocycles. The number of rotatable bonds is 4. The van der Waals surface area contributed by atoms with E-state index in [2.05, 4.69) is 25.2 Å². The van der Waals surface area contributed by atoms with E-state index >= 15 is 0 Å². The molecule has 0 spiro atoms. The zero-order valence-corrected chi connectivity index (χ0v) is 16.9. The third kappa shape index (κ3) is 2.88. The lowest BCUT2D eigenvalue weighted by Crippen LogP contribution is -2.43. The molecule has 4 rings (SSSR count). The van der Waals surface area contributed by atoms with Crippen molar-refractivity contribution in [2.45, 2.75) is 54.2 Å². The van der Waals surface area contributed by atoms with Crippen molar-refractivity contribution in [1.82, 2.24) is 5.32 Å². The van der Waals surface area contributed by atoms with Crippen molar-refractivity contribution in [2.75, 3.05) is 0 Å². The van der Waals surface area contributed by atoms with Gasteiger partial charge in [0.25, 0.3) is 0 Å². The number of carbonyl (C=O) groups excluding carboxylic acids is 1. The van der Waals surface area contributed by atoms with Gasteiger partial charge in [-0.2, -0.15) is 0 Å². The van der Waals surface area contributed by atoms with E-state index in [1.165, 1.54) is 29.8 Å². The molecule has 0 radical (unpaired) electrons. The number of nitrogens with one attached hydrogen (secondary N) is 1. The smallest absolute Gasteiger partial charge is 0.242 e. The van der Waals surface area contributed by atoms with Crippen LogP contribution in [0.1, 0.15) is 50.3 Å². The molecular formula is C21H22ClNO3S. The number of benzene rings is 2. The van der Waals surface area contributed by atoms with E-state index in [9.17, 15) is 13.2 Å². The van der Waals surface area contributed by atoms with Crippen molar-refractivity contribution in [3.63, 3.8) is 0 Å². The van der Waals surface area contributed by atoms with Gasteiger partial charge in [-0.1, -0.05) is 49.7 Å². The molecule has 4 nitrogen and oxygen atoms in total. The minimum atomic E-state index is -3.76. The summed E-state index contributed by atoms with van der Waals surface area (Å²) in [6, 6.07) is 13.9. The van der Waals surface area contributed by atoms with Gasteiger partial charge in [-0.25, -0.2) is 8.42 Å². The first-order chi connectivity index (χ1) is 12.7. The van der Waals surface area contributed by atoms with Gasteiger partial charge in [0.2, 0.25) is 5.91 Å². The Morgan fingerprint density at radius 1 is 1.07 bits per heavy atom. The van der Waals surface area contributed by atoms with Crippen LogP contribution in [0, 0.1) is 0 Å². The maximum absolute atomic E-state index is 13.1. The van der Waals surface area contributed by atoms with Gasteiger partial charge in [0.05, 0.1) is 10.9 Å². The van der Waals surface area contributed by atoms with E-state index in [4.69, 9.17) is 11.6 Å². The predicted molar refractivity (Wildman–Crippen MR) is 106 cm³/mol. The third-order valence-electron chi connectivity index (χ3n) is 5.84. The monoisotopic (exact) mass is 403 g/mol. The van der Waals surface area contributed by atoms with Crippen molar-refractivity contribution >= 4 is 27.3 Å². The molecule has 0 aliphatic heterocycles. The van der Waals surface area contributed by atoms with Gasteiger partial charge >= 0.3 is 0 Å². The summed E-state index contributed by atoms with van der Waals surface area (Å²) in [5, 5.41) is 3.50. The second-order valence-corrected chi connectivity index (χ2v) is 10.8. The van der Waals surface area contributed by atoms with E-state index < -0.39 is 20.5 Å². The van der Waals surface area contributed by atoms with Crippen molar-refractivity contribution in [3.05, 3.63) is 64.7 Å². The van der Waals surface area contributed by atoms with Crippen molar-refractivity contribution < 1.29 is 13.2 Å². The first-order valence-electron chi connectivity index (χ1n) is 9.08. The molecule has 1 unspecified atom stereocenters. The molecule has 0 bridgehead atoms. The summed E-state index contributed by atoms with van der Waals surface area (Å²) < 4.78 is 24.9. The minimum Gasteiger partial charge on any atom is -0.348 e. The topological polar surface area (TPSA) is 63.2 Å². The molecule has 1 fully saturated rings. The largest absolute Gasteiger partial charge is 0.348 e. The Labute approximate surface area is 164 Å². The van der Waals surface area contributed by atoms with Crippen LogP contribution in [0.3, 0.4) is 0 Å². The molecule has 2 aromatic rings. The summed E-state index contributed by atoms with van der Waals surface area (Å²) in [7, 11) is -3.76. The molecule has 1 N–H and O–H groups in total. The fourth-order valence-corrected chi connectivity index (χ4v) is 6.15. The lowest BCUT2D eigenvalue weighted by atomic mass is 9.86. The van der Waals surface area contributed by atoms with Crippen LogP contribution in [0.25, 0.3) is 0 Å². The van der Waals surface area contributed by atoms with E-state index in [1.54, 1.807) is 0 Å². The molecule has 0 saturated heterocycles. The quantitative estimate of drug-likeness (QED) is 0.832. The van der Waals surface area contributed by atoms with Crippen LogP contribution in [0.5, 0.6) is 0 Å². The molecule has 6 heteroatoms. The summed E-state index contributed by atoms with van der Waals surface area (Å²) in [6.07, 6.45) is 1.46. The van der Waals surface area contributed by atoms with E-state index in [1.807, 2.05) is 18.2 Å². The van der Waals surface area contributed by atoms with Gasteiger partial charge in [-0.15, -0.1) is 0 Å². The Morgan fingerprint density at radius 2 is 1.70 bits per heavy atom. The Morgan fingerprint density at radius 3 is 2.33 bits per heavy atom. The second-order valence-electron chi connectivity index (χ2n) is 8.15. The molecule has 0 heterocycles. The van der Waals surface area contributed by atoms with Crippen LogP contribution in [0.15, 0.2) is 53.4 Å². The molecule has 1 amide bonds. The Kier molecular flexibility index (Phi) is 4.17. The lowest BCUT2D eigenvalue weighted by Gasteiger charge is -2.22. The Bertz CT molecular complexity index is 1010. The first-order valence-corrected chi connectivity index (χ1v) is 10.9. The summed E-state index contributed by atoms with van der Waals surface area (Å²) in [5.74, 6) is -0.394. The zero-order chi connectivity index (χ0) is 19.4. The lowest BCUT2D eigenvalue weighted by molar-refractivity contribution is -0.122. The van der Waals surface area contributed by atoms with E-state index in [-0.39, 0.29) is 16.4 Å². The second kappa shape index (κ2) is 6.08. The van der Waals surface area contributed by atoms with Crippen LogP contribution >= 0.6 is 11.6 Å². The fourth-order valence-electron chi connectivity index (χ4n) is 4.14. The van der Waals surface area contributed by atoms with E-state index in [0.717, 1.165) is 12.0 Å². The highest BCUT2D eigenvalue weighted by Crippen LogP contribution is 2.49. The van der Waals surface area contributed by atoms with Gasteiger partial charge < -0.3 is 5.32 Å². The van der Waals surface area contributed by atoms with Gasteiger partial charge in [-0.05, 0) is 60.1 Å². The van der Waals surface area contributed by atoms with Crippen LogP contribution in [-0.2, 0) is 20.0 Å². The van der Waals surface area contributed by atoms with Crippen LogP contribution in [-0.4, -0.2) is 19.1 Å². The third-order valence-corrected chi connectivity index (χ3v) is 8.61. The standard InChI is InChI=1S/C21H22ClNO3S/c1-20(2)13-18(16-5-3-4-6-17(16)20)23-19(24)21(11-12-21)27(25,26)15-9-7-14(22)8-10-15/h3-10,18H,11-13H2,1-2H3,(H,23,24). The number of carbonyl (C=O) groups is 1. The minimum absolute atomic E-state index is 0.0552. The van der Waals surface area contributed by atoms with Crippen molar-refractivity contribution in [3.8, 4) is 0 Å². The van der Waals surface area contributed by atoms with Crippen molar-refractivity contribution in [2.24, 2.45) is 0 Å². The van der Waals surface area contributed by atoms with Crippen LogP contribution in [0.2, 0.25) is 5.02 Å². The molecule has 1 atom stereocenters. The Balaban J connectivity index is 1.61. The zero-order valence-electron chi connectivity index (χ0n) is 15.3. The highest BCUT2D eigenvalue weighted by Gasteiger charge is 2.61. The number of halogens is 1. The molecule has 2 aromatic carbocycles. The number of hydrogen-bond acceptors (Lipinski definition) is 3. The molecule has 1 saturated carbocycles. The molecule has 27 heavy (non-hydrogen) atoms. The molecular weight excluding hydrogens is 382 g/mol. The van der Waals surface area contributed by atoms with Crippen molar-refractivity contribution in [1.29, 1.82) is 0 Å². The van der Waals surface area contributed by atoms with Gasteiger partial charge in [0.15, 0.2) is 14.6 Å². The summed E-state index contributed by atoms with van der Waals surface area (Å²) in [6.45, 7) is 4.30. The molecule has 0 aromatic heterocycles. The van der Waals surface area contributed by atoms with Gasteiger partial charge in [0, 0.05) is 5.02 Å². The molecule has 2 aliphatic rings. The Hall–Kier alpha value is -1.85. The molecule has 142 valence electrons. The average molecular weight is 404 g/mol. The number of hydrogen-bond donors (Lipinski definition) is 1.